The number of amides is 2. The smallest absolute Gasteiger partial charge is 0.287 e. The Hall–Kier alpha value is -4.55. The molecule has 5 aromatic rings. The van der Waals surface area contributed by atoms with Crippen LogP contribution in [-0.2, 0) is 11.3 Å². The van der Waals surface area contributed by atoms with E-state index >= 15 is 0 Å². The van der Waals surface area contributed by atoms with E-state index in [1.807, 2.05) is 54.6 Å². The van der Waals surface area contributed by atoms with Gasteiger partial charge in [-0.25, -0.2) is 9.40 Å². The summed E-state index contributed by atoms with van der Waals surface area (Å²) in [4.78, 5) is 26.1. The summed E-state index contributed by atoms with van der Waals surface area (Å²) >= 11 is 4.68. The molecule has 9 nitrogen and oxygen atoms in total. The summed E-state index contributed by atoms with van der Waals surface area (Å²) in [5, 5.41) is 18.1. The molecule has 1 atom stereocenters. The molecule has 12 heteroatoms. The summed E-state index contributed by atoms with van der Waals surface area (Å²) in [6.07, 6.45) is 1.92. The van der Waals surface area contributed by atoms with E-state index in [0.29, 0.717) is 17.4 Å². The van der Waals surface area contributed by atoms with Gasteiger partial charge in [0, 0.05) is 16.6 Å². The second-order valence-corrected chi connectivity index (χ2v) is 11.4. The van der Waals surface area contributed by atoms with Gasteiger partial charge in [0.25, 0.3) is 11.8 Å². The van der Waals surface area contributed by atoms with Crippen LogP contribution in [0.2, 0.25) is 0 Å². The Kier molecular flexibility index (Phi) is 8.47. The summed E-state index contributed by atoms with van der Waals surface area (Å²) in [6, 6.07) is 26.2. The molecule has 0 fully saturated rings. The van der Waals surface area contributed by atoms with Crippen LogP contribution in [0.3, 0.4) is 0 Å². The van der Waals surface area contributed by atoms with Crippen molar-refractivity contribution in [2.75, 3.05) is 5.75 Å². The molecule has 1 aliphatic rings. The number of rotatable bonds is 9. The maximum atomic E-state index is 13.7. The molecular weight excluding hydrogens is 635 g/mol. The number of hydrogen-bond donors (Lipinski definition) is 1. The van der Waals surface area contributed by atoms with Gasteiger partial charge in [-0.1, -0.05) is 70.2 Å². The van der Waals surface area contributed by atoms with Gasteiger partial charge in [0.05, 0.1) is 30.3 Å². The number of benzene rings is 3. The first kappa shape index (κ1) is 28.6. The van der Waals surface area contributed by atoms with Crippen LogP contribution < -0.4 is 5.32 Å². The summed E-state index contributed by atoms with van der Waals surface area (Å²) in [5.74, 6) is -0.254. The van der Waals surface area contributed by atoms with Gasteiger partial charge in [-0.2, -0.15) is 5.10 Å². The van der Waals surface area contributed by atoms with Gasteiger partial charge in [0.2, 0.25) is 0 Å². The molecule has 3 aromatic carbocycles. The van der Waals surface area contributed by atoms with E-state index in [1.54, 1.807) is 28.8 Å². The molecule has 0 aliphatic carbocycles. The third-order valence-corrected chi connectivity index (χ3v) is 8.23. The number of thioether (sulfide) groups is 1. The van der Waals surface area contributed by atoms with Crippen LogP contribution in [0.15, 0.2) is 116 Å². The van der Waals surface area contributed by atoms with Gasteiger partial charge in [-0.15, -0.1) is 10.2 Å². The minimum absolute atomic E-state index is 0.0263. The van der Waals surface area contributed by atoms with E-state index in [9.17, 15) is 14.0 Å². The minimum Gasteiger partial charge on any atom is -0.459 e. The molecule has 1 unspecified atom stereocenters. The number of furan rings is 1. The molecule has 2 aromatic heterocycles. The number of hydrogen-bond acceptors (Lipinski definition) is 7. The van der Waals surface area contributed by atoms with Crippen LogP contribution in [0, 0.1) is 5.82 Å². The molecule has 0 saturated carbocycles. The Morgan fingerprint density at radius 2 is 1.74 bits per heavy atom. The maximum Gasteiger partial charge on any atom is 0.287 e. The Morgan fingerprint density at radius 3 is 2.47 bits per heavy atom. The molecule has 2 amide bonds. The van der Waals surface area contributed by atoms with Crippen LogP contribution in [0.4, 0.5) is 4.39 Å². The van der Waals surface area contributed by atoms with E-state index in [0.717, 1.165) is 27.0 Å². The Bertz CT molecular complexity index is 1760. The average molecular weight is 660 g/mol. The molecule has 0 bridgehead atoms. The number of aromatic nitrogens is 3. The van der Waals surface area contributed by atoms with E-state index in [-0.39, 0.29) is 41.7 Å². The van der Waals surface area contributed by atoms with Crippen molar-refractivity contribution in [3.8, 4) is 5.69 Å². The fourth-order valence-electron chi connectivity index (χ4n) is 4.69. The second kappa shape index (κ2) is 12.8. The number of carbonyl (C=O) groups excluding carboxylic acids is 2. The number of para-hydroxylation sites is 1. The highest BCUT2D eigenvalue weighted by Gasteiger charge is 2.33. The third kappa shape index (κ3) is 6.45. The molecule has 6 rings (SSSR count). The fraction of sp³-hybridized carbons (Fsp3) is 0.129. The summed E-state index contributed by atoms with van der Waals surface area (Å²) in [7, 11) is 0. The van der Waals surface area contributed by atoms with Crippen molar-refractivity contribution in [3.63, 3.8) is 0 Å². The first-order chi connectivity index (χ1) is 21.0. The van der Waals surface area contributed by atoms with Crippen LogP contribution in [0.25, 0.3) is 5.69 Å². The molecule has 0 spiro atoms. The largest absolute Gasteiger partial charge is 0.459 e. The molecule has 216 valence electrons. The van der Waals surface area contributed by atoms with Gasteiger partial charge >= 0.3 is 0 Å². The van der Waals surface area contributed by atoms with Gasteiger partial charge in [0.1, 0.15) is 5.82 Å². The SMILES string of the molecule is O=C(NCc1nnc(SCC(=O)N2N=C(c3ccc(Br)cc3)CC2c2ccc(F)cc2)n1-c1ccccc1)c1ccco1. The Morgan fingerprint density at radius 1 is 0.977 bits per heavy atom. The van der Waals surface area contributed by atoms with Gasteiger partial charge < -0.3 is 9.73 Å². The van der Waals surface area contributed by atoms with Crippen LogP contribution in [-0.4, -0.2) is 43.1 Å². The molecular formula is C31H24BrFN6O3S. The molecule has 1 N–H and O–H groups in total. The van der Waals surface area contributed by atoms with Crippen LogP contribution in [0.5, 0.6) is 0 Å². The Balaban J connectivity index is 1.24. The van der Waals surface area contributed by atoms with Crippen molar-refractivity contribution in [2.24, 2.45) is 5.10 Å². The highest BCUT2D eigenvalue weighted by molar-refractivity contribution is 9.10. The zero-order chi connectivity index (χ0) is 29.8. The highest BCUT2D eigenvalue weighted by atomic mass is 79.9. The highest BCUT2D eigenvalue weighted by Crippen LogP contribution is 2.34. The normalized spacial score (nSPS) is 14.5. The van der Waals surface area contributed by atoms with Crippen molar-refractivity contribution in [1.82, 2.24) is 25.1 Å². The first-order valence-corrected chi connectivity index (χ1v) is 15.1. The van der Waals surface area contributed by atoms with Crippen LogP contribution >= 0.6 is 27.7 Å². The standard InChI is InChI=1S/C31H24BrFN6O3S/c32-22-12-8-20(9-13-22)25-17-26(21-10-14-23(33)15-11-21)39(37-25)29(40)19-43-31-36-35-28(38(31)24-5-2-1-3-6-24)18-34-30(41)27-7-4-16-42-27/h1-16,26H,17-19H2,(H,34,41). The number of nitrogens with one attached hydrogen (secondary N) is 1. The van der Waals surface area contributed by atoms with Gasteiger partial charge in [-0.05, 0) is 59.7 Å². The quantitative estimate of drug-likeness (QED) is 0.190. The van der Waals surface area contributed by atoms with Crippen LogP contribution in [0.1, 0.15) is 40.0 Å². The molecule has 43 heavy (non-hydrogen) atoms. The van der Waals surface area contributed by atoms with E-state index in [2.05, 4.69) is 31.4 Å². The minimum atomic E-state index is -0.383. The topological polar surface area (TPSA) is 106 Å². The number of carbonyl (C=O) groups is 2. The van der Waals surface area contributed by atoms with E-state index in [1.165, 1.54) is 35.2 Å². The summed E-state index contributed by atoms with van der Waals surface area (Å²) < 4.78 is 21.6. The molecule has 0 radical (unpaired) electrons. The van der Waals surface area contributed by atoms with Crippen molar-refractivity contribution in [1.29, 1.82) is 0 Å². The lowest BCUT2D eigenvalue weighted by molar-refractivity contribution is -0.130. The van der Waals surface area contributed by atoms with Crippen molar-refractivity contribution in [2.45, 2.75) is 24.2 Å². The number of nitrogens with zero attached hydrogens (tertiary/aromatic N) is 5. The maximum absolute atomic E-state index is 13.7. The summed E-state index contributed by atoms with van der Waals surface area (Å²) in [6.45, 7) is 0.0928. The molecule has 1 aliphatic heterocycles. The predicted molar refractivity (Wildman–Crippen MR) is 163 cm³/mol. The van der Waals surface area contributed by atoms with Gasteiger partial charge in [-0.3, -0.25) is 14.2 Å². The van der Waals surface area contributed by atoms with Crippen molar-refractivity contribution >= 4 is 45.2 Å². The first-order valence-electron chi connectivity index (χ1n) is 13.3. The van der Waals surface area contributed by atoms with Gasteiger partial charge in [0.15, 0.2) is 16.7 Å². The molecule has 3 heterocycles. The lowest BCUT2D eigenvalue weighted by Gasteiger charge is -2.22. The Labute approximate surface area is 258 Å². The third-order valence-electron chi connectivity index (χ3n) is 6.79. The average Bonchev–Trinajstić information content (AvgIpc) is 3.80. The van der Waals surface area contributed by atoms with Crippen molar-refractivity contribution < 1.29 is 18.4 Å². The lowest BCUT2D eigenvalue weighted by atomic mass is 9.98. The summed E-state index contributed by atoms with van der Waals surface area (Å²) in [5.41, 5.74) is 3.24. The molecule has 0 saturated heterocycles. The lowest BCUT2D eigenvalue weighted by Crippen LogP contribution is -2.28. The fourth-order valence-corrected chi connectivity index (χ4v) is 5.78. The number of halogens is 2. The number of hydrazone groups is 1. The zero-order valence-corrected chi connectivity index (χ0v) is 25.0. The van der Waals surface area contributed by atoms with E-state index in [4.69, 9.17) is 9.52 Å². The second-order valence-electron chi connectivity index (χ2n) is 9.58. The van der Waals surface area contributed by atoms with Crippen molar-refractivity contribution in [3.05, 3.63) is 130 Å². The van der Waals surface area contributed by atoms with E-state index < -0.39 is 0 Å². The monoisotopic (exact) mass is 658 g/mol. The zero-order valence-electron chi connectivity index (χ0n) is 22.6. The predicted octanol–water partition coefficient (Wildman–Crippen LogP) is 6.16.